The molecular weight excluding hydrogens is 423 g/mol. The summed E-state index contributed by atoms with van der Waals surface area (Å²) in [6.45, 7) is 10.1. The molecule has 172 valence electrons. The first-order chi connectivity index (χ1) is 15.6. The molecule has 1 fully saturated rings. The first kappa shape index (κ1) is 23.0. The number of aromatic nitrogens is 2. The number of rotatable bonds is 5. The van der Waals surface area contributed by atoms with Gasteiger partial charge < -0.3 is 28.2 Å². The minimum absolute atomic E-state index is 0.132. The summed E-state index contributed by atoms with van der Waals surface area (Å²) in [4.78, 5) is 9.65. The van der Waals surface area contributed by atoms with E-state index in [9.17, 15) is 10.4 Å². The average Bonchev–Trinajstić information content (AvgIpc) is 3.28. The largest absolute Gasteiger partial charge is 0.495 e. The highest BCUT2D eigenvalue weighted by molar-refractivity contribution is 6.62. The van der Waals surface area contributed by atoms with E-state index in [4.69, 9.17) is 18.6 Å². The zero-order valence-electron chi connectivity index (χ0n) is 19.7. The summed E-state index contributed by atoms with van der Waals surface area (Å²) < 4.78 is 20.2. The molecule has 0 bridgehead atoms. The van der Waals surface area contributed by atoms with Crippen molar-refractivity contribution in [3.63, 3.8) is 0 Å². The van der Waals surface area contributed by atoms with Crippen molar-refractivity contribution in [1.82, 2.24) is 9.55 Å². The fourth-order valence-electron chi connectivity index (χ4n) is 3.83. The van der Waals surface area contributed by atoms with Gasteiger partial charge in [-0.3, -0.25) is 0 Å². The van der Waals surface area contributed by atoms with Gasteiger partial charge in [-0.2, -0.15) is 5.26 Å². The molecule has 3 aromatic rings. The van der Waals surface area contributed by atoms with Crippen LogP contribution in [0.3, 0.4) is 0 Å². The monoisotopic (exact) mass is 450 g/mol. The Morgan fingerprint density at radius 3 is 2.55 bits per heavy atom. The van der Waals surface area contributed by atoms with E-state index in [0.29, 0.717) is 22.5 Å². The number of hydrogen-bond donors (Lipinski definition) is 1. The third-order valence-corrected chi connectivity index (χ3v) is 6.39. The maximum Gasteiger partial charge on any atom is 0.495 e. The highest BCUT2D eigenvalue weighted by atomic mass is 16.7. The van der Waals surface area contributed by atoms with E-state index in [1.54, 1.807) is 10.8 Å². The van der Waals surface area contributed by atoms with Crippen LogP contribution in [0, 0.1) is 18.3 Å². The van der Waals surface area contributed by atoms with E-state index < -0.39 is 18.3 Å². The van der Waals surface area contributed by atoms with Gasteiger partial charge in [-0.25, -0.2) is 4.98 Å². The molecule has 0 unspecified atom stereocenters. The van der Waals surface area contributed by atoms with Crippen LogP contribution >= 0.6 is 0 Å². The summed E-state index contributed by atoms with van der Waals surface area (Å²) >= 11 is 0. The van der Waals surface area contributed by atoms with E-state index >= 15 is 0 Å². The van der Waals surface area contributed by atoms with Gasteiger partial charge in [0, 0.05) is 18.3 Å². The second kappa shape index (κ2) is 8.34. The minimum Gasteiger partial charge on any atom is -0.434 e. The van der Waals surface area contributed by atoms with Crippen LogP contribution in [-0.4, -0.2) is 46.7 Å². The molecule has 1 aromatic carbocycles. The van der Waals surface area contributed by atoms with E-state index in [-0.39, 0.29) is 18.7 Å². The van der Waals surface area contributed by atoms with E-state index in [0.717, 1.165) is 16.6 Å². The number of nitrogens with zero attached hydrogens (tertiary/aromatic N) is 4. The predicted octanol–water partition coefficient (Wildman–Crippen LogP) is 2.23. The van der Waals surface area contributed by atoms with Crippen LogP contribution in [0.1, 0.15) is 38.8 Å². The van der Waals surface area contributed by atoms with Crippen molar-refractivity contribution in [1.29, 1.82) is 5.26 Å². The fourth-order valence-corrected chi connectivity index (χ4v) is 3.83. The quantitative estimate of drug-likeness (QED) is 0.468. The second-order valence-electron chi connectivity index (χ2n) is 8.97. The first-order valence-corrected chi connectivity index (χ1v) is 10.7. The van der Waals surface area contributed by atoms with Gasteiger partial charge in [-0.05, 0) is 51.7 Å². The number of hydrogen-bond acceptors (Lipinski definition) is 8. The Morgan fingerprint density at radius 2 is 1.94 bits per heavy atom. The molecule has 0 atom stereocenters. The first-order valence-electron chi connectivity index (χ1n) is 10.7. The van der Waals surface area contributed by atoms with Gasteiger partial charge in [0.15, 0.2) is 11.1 Å². The van der Waals surface area contributed by atoms with Crippen LogP contribution in [0.4, 0.5) is 0 Å². The van der Waals surface area contributed by atoms with Crippen molar-refractivity contribution < 1.29 is 23.7 Å². The van der Waals surface area contributed by atoms with E-state index in [1.807, 2.05) is 52.8 Å². The minimum atomic E-state index is -0.528. The molecule has 0 aliphatic carbocycles. The third kappa shape index (κ3) is 3.82. The summed E-state index contributed by atoms with van der Waals surface area (Å²) in [5, 5.41) is 23.1. The molecule has 1 aliphatic rings. The van der Waals surface area contributed by atoms with Crippen LogP contribution in [0.2, 0.25) is 0 Å². The molecule has 33 heavy (non-hydrogen) atoms. The lowest BCUT2D eigenvalue weighted by molar-refractivity contribution is 0.00578. The number of aliphatic hydroxyl groups excluding tert-OH is 1. The van der Waals surface area contributed by atoms with Gasteiger partial charge >= 0.3 is 7.12 Å². The Bertz CT molecular complexity index is 1300. The molecule has 0 radical (unpaired) electrons. The van der Waals surface area contributed by atoms with Crippen molar-refractivity contribution in [2.45, 2.75) is 52.4 Å². The number of oxazole rings is 1. The van der Waals surface area contributed by atoms with Crippen LogP contribution < -0.4 is 11.0 Å². The highest BCUT2D eigenvalue weighted by Crippen LogP contribution is 2.37. The molecule has 1 saturated heterocycles. The molecular formula is C23H27BN4O5. The Labute approximate surface area is 192 Å². The van der Waals surface area contributed by atoms with Crippen LogP contribution in [0.5, 0.6) is 0 Å². The number of aliphatic hydroxyl groups is 1. The van der Waals surface area contributed by atoms with Crippen LogP contribution in [0.15, 0.2) is 34.0 Å². The summed E-state index contributed by atoms with van der Waals surface area (Å²) in [7, 11) is 0.895. The van der Waals surface area contributed by atoms with Gasteiger partial charge in [-0.1, -0.05) is 17.3 Å². The summed E-state index contributed by atoms with van der Waals surface area (Å²) in [6, 6.07) is 7.89. The molecule has 0 amide bonds. The molecule has 1 N–H and O–H groups in total. The number of nitriles is 1. The van der Waals surface area contributed by atoms with Crippen molar-refractivity contribution in [3.05, 3.63) is 41.0 Å². The zero-order valence-corrected chi connectivity index (χ0v) is 19.7. The highest BCUT2D eigenvalue weighted by Gasteiger charge is 2.52. The Balaban J connectivity index is 1.87. The molecule has 1 aliphatic heterocycles. The van der Waals surface area contributed by atoms with Crippen molar-refractivity contribution >= 4 is 23.7 Å². The maximum absolute atomic E-state index is 9.66. The lowest BCUT2D eigenvalue weighted by Crippen LogP contribution is -2.41. The Hall–Kier alpha value is -3.13. The number of pyridine rings is 1. The molecule has 9 nitrogen and oxygen atoms in total. The van der Waals surface area contributed by atoms with Gasteiger partial charge in [0.1, 0.15) is 18.7 Å². The molecule has 4 rings (SSSR count). The molecule has 10 heteroatoms. The van der Waals surface area contributed by atoms with Crippen molar-refractivity contribution in [2.24, 2.45) is 5.16 Å². The van der Waals surface area contributed by atoms with Gasteiger partial charge in [0.05, 0.1) is 17.8 Å². The van der Waals surface area contributed by atoms with E-state index in [2.05, 4.69) is 16.2 Å². The van der Waals surface area contributed by atoms with Gasteiger partial charge in [0.25, 0.3) is 0 Å². The number of fused-ring (bicyclic) bond motifs is 1. The standard InChI is InChI=1S/C23H27BN4O5/c1-14-16(8-7-9-17(14)24-32-22(2,3)23(4,5)33-24)21-26-18-19(31-21)15(12-25)13-28(10-11-29)20(18)27-30-6/h7-9,13,29H,10-11H2,1-6H3/b27-20-. The molecule has 0 spiro atoms. The third-order valence-electron chi connectivity index (χ3n) is 6.39. The maximum atomic E-state index is 9.66. The molecule has 2 aromatic heterocycles. The van der Waals surface area contributed by atoms with Crippen molar-refractivity contribution in [2.75, 3.05) is 13.7 Å². The lowest BCUT2D eigenvalue weighted by Gasteiger charge is -2.32. The van der Waals surface area contributed by atoms with E-state index in [1.165, 1.54) is 7.11 Å². The lowest BCUT2D eigenvalue weighted by atomic mass is 9.75. The Kier molecular flexibility index (Phi) is 5.82. The molecule has 0 saturated carbocycles. The number of benzene rings is 1. The summed E-state index contributed by atoms with van der Waals surface area (Å²) in [5.74, 6) is 0.340. The average molecular weight is 450 g/mol. The fraction of sp³-hybridized carbons (Fsp3) is 0.435. The van der Waals surface area contributed by atoms with Crippen LogP contribution in [-0.2, 0) is 20.7 Å². The SMILES string of the molecule is CO/N=c1/c2nc(-c3cccc(B4OC(C)(C)C(C)(C)O4)c3C)oc2c(C#N)cn1CCO. The second-order valence-corrected chi connectivity index (χ2v) is 8.97. The zero-order chi connectivity index (χ0) is 24.0. The van der Waals surface area contributed by atoms with Gasteiger partial charge in [0.2, 0.25) is 11.4 Å². The van der Waals surface area contributed by atoms with Crippen molar-refractivity contribution in [3.8, 4) is 17.5 Å². The molecule has 3 heterocycles. The summed E-state index contributed by atoms with van der Waals surface area (Å²) in [5.41, 5.74) is 2.92. The van der Waals surface area contributed by atoms with Crippen LogP contribution in [0.25, 0.3) is 22.6 Å². The predicted molar refractivity (Wildman–Crippen MR) is 122 cm³/mol. The normalized spacial score (nSPS) is 17.5. The Morgan fingerprint density at radius 1 is 1.24 bits per heavy atom. The van der Waals surface area contributed by atoms with Gasteiger partial charge in [-0.15, -0.1) is 0 Å². The summed E-state index contributed by atoms with van der Waals surface area (Å²) in [6.07, 6.45) is 1.57. The topological polar surface area (TPSA) is 115 Å². The smallest absolute Gasteiger partial charge is 0.434 e.